The van der Waals surface area contributed by atoms with Gasteiger partial charge in [-0.3, -0.25) is 14.6 Å². The van der Waals surface area contributed by atoms with E-state index in [4.69, 9.17) is 0 Å². The van der Waals surface area contributed by atoms with Crippen molar-refractivity contribution in [1.82, 2.24) is 20.2 Å². The second-order valence-corrected chi connectivity index (χ2v) is 10.4. The van der Waals surface area contributed by atoms with Crippen molar-refractivity contribution in [2.45, 2.75) is 32.0 Å². The first-order chi connectivity index (χ1) is 18.2. The topological polar surface area (TPSA) is 75.2 Å². The van der Waals surface area contributed by atoms with E-state index >= 15 is 0 Å². The Morgan fingerprint density at radius 2 is 1.84 bits per heavy atom. The van der Waals surface area contributed by atoms with Gasteiger partial charge in [0.2, 0.25) is 0 Å². The van der Waals surface area contributed by atoms with Gasteiger partial charge in [-0.05, 0) is 37.5 Å². The molecule has 1 aliphatic heterocycles. The predicted molar refractivity (Wildman–Crippen MR) is 140 cm³/mol. The SMILES string of the molecule is Cc1nc(C(=O)N2CCC[C@@H](C(F)(F)F)C2CNC(=O)c2cccc3cccnc23)c(-c2ccccc2)s1. The molecular formula is C28H25F3N4O2S. The average molecular weight is 539 g/mol. The van der Waals surface area contributed by atoms with E-state index in [1.807, 2.05) is 30.3 Å². The van der Waals surface area contributed by atoms with Crippen LogP contribution < -0.4 is 5.32 Å². The van der Waals surface area contributed by atoms with Crippen molar-refractivity contribution >= 4 is 34.1 Å². The summed E-state index contributed by atoms with van der Waals surface area (Å²) in [5.74, 6) is -2.87. The summed E-state index contributed by atoms with van der Waals surface area (Å²) >= 11 is 1.33. The number of halogens is 3. The largest absolute Gasteiger partial charge is 0.393 e. The van der Waals surface area contributed by atoms with Crippen LogP contribution >= 0.6 is 11.3 Å². The quantitative estimate of drug-likeness (QED) is 0.344. The number of hydrogen-bond acceptors (Lipinski definition) is 5. The highest BCUT2D eigenvalue weighted by atomic mass is 32.1. The van der Waals surface area contributed by atoms with Crippen molar-refractivity contribution in [2.75, 3.05) is 13.1 Å². The highest BCUT2D eigenvalue weighted by molar-refractivity contribution is 7.15. The molecule has 0 spiro atoms. The number of carbonyl (C=O) groups excluding carboxylic acids is 2. The lowest BCUT2D eigenvalue weighted by molar-refractivity contribution is -0.196. The Kier molecular flexibility index (Phi) is 7.16. The van der Waals surface area contributed by atoms with Crippen molar-refractivity contribution in [2.24, 2.45) is 5.92 Å². The second-order valence-electron chi connectivity index (χ2n) is 9.22. The fourth-order valence-electron chi connectivity index (χ4n) is 5.02. The number of carbonyl (C=O) groups is 2. The summed E-state index contributed by atoms with van der Waals surface area (Å²) in [6.45, 7) is 1.56. The standard InChI is InChI=1S/C28H25F3N4O2S/c1-17-34-24(25(38-17)19-8-3-2-4-9-19)27(37)35-15-7-13-21(28(29,30)31)22(35)16-33-26(36)20-12-5-10-18-11-6-14-32-23(18)20/h2-6,8-12,14,21-22H,7,13,15-16H2,1H3,(H,33,36)/t21-,22?/m1/s1. The maximum absolute atomic E-state index is 14.2. The number of pyridine rings is 1. The first kappa shape index (κ1) is 25.8. The van der Waals surface area contributed by atoms with Crippen LogP contribution in [-0.2, 0) is 0 Å². The van der Waals surface area contributed by atoms with Crippen molar-refractivity contribution in [3.8, 4) is 10.4 Å². The molecule has 6 nitrogen and oxygen atoms in total. The van der Waals surface area contributed by atoms with Gasteiger partial charge in [0.05, 0.1) is 32.9 Å². The van der Waals surface area contributed by atoms with Gasteiger partial charge in [0.25, 0.3) is 11.8 Å². The van der Waals surface area contributed by atoms with Crippen LogP contribution in [0, 0.1) is 12.8 Å². The summed E-state index contributed by atoms with van der Waals surface area (Å²) in [5.41, 5.74) is 1.64. The lowest BCUT2D eigenvalue weighted by atomic mass is 9.87. The molecule has 0 radical (unpaired) electrons. The fourth-order valence-corrected chi connectivity index (χ4v) is 5.93. The Labute approximate surface area is 221 Å². The molecule has 1 unspecified atom stereocenters. The van der Waals surface area contributed by atoms with Crippen LogP contribution in [-0.4, -0.2) is 52.0 Å². The number of para-hydroxylation sites is 1. The highest BCUT2D eigenvalue weighted by Crippen LogP contribution is 2.39. The summed E-state index contributed by atoms with van der Waals surface area (Å²) in [5, 5.41) is 4.05. The summed E-state index contributed by atoms with van der Waals surface area (Å²) in [7, 11) is 0. The molecule has 0 bridgehead atoms. The maximum atomic E-state index is 14.2. The number of nitrogens with one attached hydrogen (secondary N) is 1. The van der Waals surface area contributed by atoms with E-state index in [0.717, 1.165) is 10.9 Å². The van der Waals surface area contributed by atoms with Gasteiger partial charge in [-0.2, -0.15) is 13.2 Å². The second kappa shape index (κ2) is 10.5. The zero-order chi connectivity index (χ0) is 26.9. The number of benzene rings is 2. The Bertz CT molecular complexity index is 1470. The smallest absolute Gasteiger partial charge is 0.350 e. The minimum absolute atomic E-state index is 0.120. The molecule has 0 saturated carbocycles. The number of aryl methyl sites for hydroxylation is 1. The van der Waals surface area contributed by atoms with E-state index in [0.29, 0.717) is 15.4 Å². The van der Waals surface area contributed by atoms with Gasteiger partial charge in [-0.25, -0.2) is 4.98 Å². The van der Waals surface area contributed by atoms with Crippen LogP contribution in [0.3, 0.4) is 0 Å². The Morgan fingerprint density at radius 3 is 2.61 bits per heavy atom. The Balaban J connectivity index is 1.45. The molecule has 1 fully saturated rings. The molecule has 3 heterocycles. The van der Waals surface area contributed by atoms with E-state index in [1.54, 1.807) is 43.5 Å². The van der Waals surface area contributed by atoms with Gasteiger partial charge in [-0.1, -0.05) is 48.5 Å². The van der Waals surface area contributed by atoms with Crippen molar-refractivity contribution in [3.63, 3.8) is 0 Å². The summed E-state index contributed by atoms with van der Waals surface area (Å²) in [4.78, 5) is 37.4. The number of nitrogens with zero attached hydrogens (tertiary/aromatic N) is 3. The number of likely N-dealkylation sites (tertiary alicyclic amines) is 1. The molecular weight excluding hydrogens is 513 g/mol. The summed E-state index contributed by atoms with van der Waals surface area (Å²) < 4.78 is 42.5. The van der Waals surface area contributed by atoms with E-state index < -0.39 is 30.0 Å². The van der Waals surface area contributed by atoms with Crippen molar-refractivity contribution < 1.29 is 22.8 Å². The fraction of sp³-hybridized carbons (Fsp3) is 0.286. The summed E-state index contributed by atoms with van der Waals surface area (Å²) in [6.07, 6.45) is -2.89. The van der Waals surface area contributed by atoms with Gasteiger partial charge in [-0.15, -0.1) is 11.3 Å². The first-order valence-electron chi connectivity index (χ1n) is 12.3. The van der Waals surface area contributed by atoms with E-state index in [2.05, 4.69) is 15.3 Å². The average Bonchev–Trinajstić information content (AvgIpc) is 3.32. The first-order valence-corrected chi connectivity index (χ1v) is 13.1. The molecule has 4 aromatic rings. The molecule has 1 saturated heterocycles. The predicted octanol–water partition coefficient (Wildman–Crippen LogP) is 5.88. The molecule has 0 aliphatic carbocycles. The molecule has 2 aromatic carbocycles. The number of amides is 2. The minimum Gasteiger partial charge on any atom is -0.350 e. The highest BCUT2D eigenvalue weighted by Gasteiger charge is 2.49. The number of hydrogen-bond donors (Lipinski definition) is 1. The third-order valence-corrected chi connectivity index (χ3v) is 7.80. The van der Waals surface area contributed by atoms with E-state index in [9.17, 15) is 22.8 Å². The van der Waals surface area contributed by atoms with Crippen LogP contribution in [0.5, 0.6) is 0 Å². The van der Waals surface area contributed by atoms with Crippen molar-refractivity contribution in [3.05, 3.63) is 83.1 Å². The normalized spacial score (nSPS) is 17.9. The van der Waals surface area contributed by atoms with Gasteiger partial charge in [0.1, 0.15) is 5.69 Å². The third-order valence-electron chi connectivity index (χ3n) is 6.78. The molecule has 10 heteroatoms. The van der Waals surface area contributed by atoms with Crippen LogP contribution in [0.2, 0.25) is 0 Å². The van der Waals surface area contributed by atoms with Gasteiger partial charge < -0.3 is 10.2 Å². The molecule has 5 rings (SSSR count). The zero-order valence-corrected chi connectivity index (χ0v) is 21.4. The van der Waals surface area contributed by atoms with Crippen LogP contribution in [0.4, 0.5) is 13.2 Å². The van der Waals surface area contributed by atoms with Crippen LogP contribution in [0.1, 0.15) is 38.7 Å². The molecule has 38 heavy (non-hydrogen) atoms. The molecule has 2 aromatic heterocycles. The Hall–Kier alpha value is -3.79. The molecule has 1 N–H and O–H groups in total. The summed E-state index contributed by atoms with van der Waals surface area (Å²) in [6, 6.07) is 16.6. The molecule has 196 valence electrons. The number of piperidine rings is 1. The lowest BCUT2D eigenvalue weighted by Crippen LogP contribution is -2.57. The van der Waals surface area contributed by atoms with Gasteiger partial charge in [0, 0.05) is 24.7 Å². The van der Waals surface area contributed by atoms with E-state index in [1.165, 1.54) is 16.2 Å². The maximum Gasteiger partial charge on any atom is 0.393 e. The molecule has 2 amide bonds. The molecule has 2 atom stereocenters. The Morgan fingerprint density at radius 1 is 1.08 bits per heavy atom. The number of alkyl halides is 3. The lowest BCUT2D eigenvalue weighted by Gasteiger charge is -2.42. The monoisotopic (exact) mass is 538 g/mol. The van der Waals surface area contributed by atoms with Crippen LogP contribution in [0.25, 0.3) is 21.3 Å². The van der Waals surface area contributed by atoms with Crippen LogP contribution in [0.15, 0.2) is 66.9 Å². The number of aromatic nitrogens is 2. The zero-order valence-electron chi connectivity index (χ0n) is 20.5. The van der Waals surface area contributed by atoms with Gasteiger partial charge >= 0.3 is 6.18 Å². The number of thiazole rings is 1. The van der Waals surface area contributed by atoms with Crippen molar-refractivity contribution in [1.29, 1.82) is 0 Å². The number of rotatable bonds is 5. The third kappa shape index (κ3) is 5.13. The van der Waals surface area contributed by atoms with E-state index in [-0.39, 0.29) is 37.2 Å². The molecule has 1 aliphatic rings. The minimum atomic E-state index is -4.53. The number of fused-ring (bicyclic) bond motifs is 1. The van der Waals surface area contributed by atoms with Gasteiger partial charge in [0.15, 0.2) is 0 Å².